The van der Waals surface area contributed by atoms with Crippen molar-refractivity contribution < 1.29 is 4.74 Å². The van der Waals surface area contributed by atoms with Crippen molar-refractivity contribution in [1.29, 1.82) is 0 Å². The average molecular weight is 324 g/mol. The summed E-state index contributed by atoms with van der Waals surface area (Å²) in [6, 6.07) is 13.9. The number of unbranched alkanes of at least 4 members (excludes halogenated alkanes) is 1. The number of hydrogen-bond acceptors (Lipinski definition) is 2. The molecule has 0 radical (unpaired) electrons. The summed E-state index contributed by atoms with van der Waals surface area (Å²) < 4.78 is 5.78. The molecule has 0 saturated heterocycles. The van der Waals surface area contributed by atoms with Gasteiger partial charge in [-0.2, -0.15) is 0 Å². The summed E-state index contributed by atoms with van der Waals surface area (Å²) in [7, 11) is 0. The maximum atomic E-state index is 6.16. The average Bonchev–Trinajstić information content (AvgIpc) is 2.49. The fraction of sp³-hybridized carbons (Fsp3) is 0.294. The van der Waals surface area contributed by atoms with E-state index in [1.807, 2.05) is 6.07 Å². The molecule has 0 aliphatic heterocycles. The predicted molar refractivity (Wildman–Crippen MR) is 89.2 cm³/mol. The van der Waals surface area contributed by atoms with Crippen molar-refractivity contribution in [2.75, 3.05) is 6.61 Å². The SMILES string of the molecule is NCc1cc(Cl)cc(Cl)c1OCCCCc1ccccc1. The molecule has 21 heavy (non-hydrogen) atoms. The van der Waals surface area contributed by atoms with E-state index in [0.29, 0.717) is 28.9 Å². The number of benzene rings is 2. The molecule has 2 N–H and O–H groups in total. The van der Waals surface area contributed by atoms with Crippen LogP contribution >= 0.6 is 23.2 Å². The van der Waals surface area contributed by atoms with E-state index in [4.69, 9.17) is 33.7 Å². The van der Waals surface area contributed by atoms with Gasteiger partial charge < -0.3 is 10.5 Å². The van der Waals surface area contributed by atoms with Gasteiger partial charge in [-0.05, 0) is 37.0 Å². The normalized spacial score (nSPS) is 10.6. The first-order valence-corrected chi connectivity index (χ1v) is 7.81. The third-order valence-corrected chi connectivity index (χ3v) is 3.75. The number of ether oxygens (including phenoxy) is 1. The molecule has 2 aromatic carbocycles. The molecule has 0 spiro atoms. The van der Waals surface area contributed by atoms with Crippen molar-refractivity contribution >= 4 is 23.2 Å². The van der Waals surface area contributed by atoms with Crippen LogP contribution in [-0.4, -0.2) is 6.61 Å². The van der Waals surface area contributed by atoms with Gasteiger partial charge in [0.1, 0.15) is 5.75 Å². The van der Waals surface area contributed by atoms with E-state index in [0.717, 1.165) is 24.8 Å². The molecule has 2 rings (SSSR count). The molecule has 0 aliphatic carbocycles. The van der Waals surface area contributed by atoms with E-state index >= 15 is 0 Å². The maximum absolute atomic E-state index is 6.16. The molecular formula is C17H19Cl2NO. The van der Waals surface area contributed by atoms with Crippen LogP contribution in [0.25, 0.3) is 0 Å². The topological polar surface area (TPSA) is 35.2 Å². The van der Waals surface area contributed by atoms with Gasteiger partial charge in [0, 0.05) is 17.1 Å². The summed E-state index contributed by atoms with van der Waals surface area (Å²) in [5.41, 5.74) is 7.89. The monoisotopic (exact) mass is 323 g/mol. The highest BCUT2D eigenvalue weighted by Gasteiger charge is 2.09. The summed E-state index contributed by atoms with van der Waals surface area (Å²) in [4.78, 5) is 0. The van der Waals surface area contributed by atoms with Crippen LogP contribution < -0.4 is 10.5 Å². The fourth-order valence-corrected chi connectivity index (χ4v) is 2.77. The van der Waals surface area contributed by atoms with Gasteiger partial charge >= 0.3 is 0 Å². The minimum Gasteiger partial charge on any atom is -0.492 e. The molecule has 0 bridgehead atoms. The van der Waals surface area contributed by atoms with Gasteiger partial charge in [0.2, 0.25) is 0 Å². The molecule has 0 aromatic heterocycles. The smallest absolute Gasteiger partial charge is 0.142 e. The summed E-state index contributed by atoms with van der Waals surface area (Å²) in [5.74, 6) is 0.656. The minimum absolute atomic E-state index is 0.361. The Labute approximate surface area is 135 Å². The molecule has 0 unspecified atom stereocenters. The van der Waals surface area contributed by atoms with Crippen LogP contribution in [0.4, 0.5) is 0 Å². The van der Waals surface area contributed by atoms with Crippen LogP contribution in [0.15, 0.2) is 42.5 Å². The van der Waals surface area contributed by atoms with Crippen molar-refractivity contribution in [3.63, 3.8) is 0 Å². The van der Waals surface area contributed by atoms with Gasteiger partial charge in [-0.1, -0.05) is 53.5 Å². The lowest BCUT2D eigenvalue weighted by Gasteiger charge is -2.12. The zero-order valence-electron chi connectivity index (χ0n) is 11.8. The van der Waals surface area contributed by atoms with Gasteiger partial charge in [0.05, 0.1) is 11.6 Å². The van der Waals surface area contributed by atoms with Crippen molar-refractivity contribution in [1.82, 2.24) is 0 Å². The molecule has 0 saturated carbocycles. The number of halogens is 2. The molecule has 0 atom stereocenters. The molecule has 0 aliphatic rings. The molecule has 112 valence electrons. The Bertz CT molecular complexity index is 573. The molecular weight excluding hydrogens is 305 g/mol. The Morgan fingerprint density at radius 2 is 1.76 bits per heavy atom. The highest BCUT2D eigenvalue weighted by Crippen LogP contribution is 2.32. The number of nitrogens with two attached hydrogens (primary N) is 1. The second kappa shape index (κ2) is 8.28. The van der Waals surface area contributed by atoms with Crippen molar-refractivity contribution in [2.45, 2.75) is 25.8 Å². The Balaban J connectivity index is 1.81. The van der Waals surface area contributed by atoms with Crippen LogP contribution in [0.1, 0.15) is 24.0 Å². The predicted octanol–water partition coefficient (Wildman–Crippen LogP) is 4.85. The summed E-state index contributed by atoms with van der Waals surface area (Å²) in [6.45, 7) is 0.987. The molecule has 2 aromatic rings. The van der Waals surface area contributed by atoms with E-state index in [9.17, 15) is 0 Å². The number of rotatable bonds is 7. The third-order valence-electron chi connectivity index (χ3n) is 3.25. The van der Waals surface area contributed by atoms with E-state index < -0.39 is 0 Å². The first-order chi connectivity index (χ1) is 10.2. The number of hydrogen-bond donors (Lipinski definition) is 1. The highest BCUT2D eigenvalue weighted by atomic mass is 35.5. The second-order valence-electron chi connectivity index (χ2n) is 4.87. The first kappa shape index (κ1) is 16.2. The van der Waals surface area contributed by atoms with E-state index in [-0.39, 0.29) is 0 Å². The first-order valence-electron chi connectivity index (χ1n) is 7.05. The zero-order valence-corrected chi connectivity index (χ0v) is 13.3. The fourth-order valence-electron chi connectivity index (χ4n) is 2.18. The van der Waals surface area contributed by atoms with E-state index in [1.165, 1.54) is 5.56 Å². The Kier molecular flexibility index (Phi) is 6.37. The highest BCUT2D eigenvalue weighted by molar-refractivity contribution is 6.35. The standard InChI is InChI=1S/C17H19Cl2NO/c18-15-10-14(12-20)17(16(19)11-15)21-9-5-4-8-13-6-2-1-3-7-13/h1-3,6-7,10-11H,4-5,8-9,12,20H2. The number of aryl methyl sites for hydroxylation is 1. The lowest BCUT2D eigenvalue weighted by molar-refractivity contribution is 0.304. The lowest BCUT2D eigenvalue weighted by atomic mass is 10.1. The molecule has 0 fully saturated rings. The second-order valence-corrected chi connectivity index (χ2v) is 5.71. The van der Waals surface area contributed by atoms with Crippen LogP contribution in [-0.2, 0) is 13.0 Å². The summed E-state index contributed by atoms with van der Waals surface area (Å²) in [6.07, 6.45) is 3.10. The van der Waals surface area contributed by atoms with Crippen LogP contribution in [0.3, 0.4) is 0 Å². The Morgan fingerprint density at radius 3 is 2.48 bits per heavy atom. The van der Waals surface area contributed by atoms with Crippen molar-refractivity contribution in [3.8, 4) is 5.75 Å². The van der Waals surface area contributed by atoms with Gasteiger partial charge in [0.15, 0.2) is 0 Å². The summed E-state index contributed by atoms with van der Waals surface area (Å²) in [5, 5.41) is 1.10. The largest absolute Gasteiger partial charge is 0.492 e. The van der Waals surface area contributed by atoms with Gasteiger partial charge in [0.25, 0.3) is 0 Å². The van der Waals surface area contributed by atoms with Crippen LogP contribution in [0, 0.1) is 0 Å². The Morgan fingerprint density at radius 1 is 1.00 bits per heavy atom. The van der Waals surface area contributed by atoms with Gasteiger partial charge in [-0.15, -0.1) is 0 Å². The molecule has 2 nitrogen and oxygen atoms in total. The van der Waals surface area contributed by atoms with Crippen LogP contribution in [0.2, 0.25) is 10.0 Å². The van der Waals surface area contributed by atoms with E-state index in [1.54, 1.807) is 12.1 Å². The van der Waals surface area contributed by atoms with Crippen LogP contribution in [0.5, 0.6) is 5.75 Å². The quantitative estimate of drug-likeness (QED) is 0.739. The van der Waals surface area contributed by atoms with Gasteiger partial charge in [-0.3, -0.25) is 0 Å². The Hall–Kier alpha value is -1.22. The van der Waals surface area contributed by atoms with E-state index in [2.05, 4.69) is 24.3 Å². The van der Waals surface area contributed by atoms with Gasteiger partial charge in [-0.25, -0.2) is 0 Å². The molecule has 4 heteroatoms. The summed E-state index contributed by atoms with van der Waals surface area (Å²) >= 11 is 12.1. The minimum atomic E-state index is 0.361. The van der Waals surface area contributed by atoms with Crippen molar-refractivity contribution in [3.05, 3.63) is 63.6 Å². The third kappa shape index (κ3) is 4.92. The zero-order chi connectivity index (χ0) is 15.1. The van der Waals surface area contributed by atoms with Crippen molar-refractivity contribution in [2.24, 2.45) is 5.73 Å². The lowest BCUT2D eigenvalue weighted by Crippen LogP contribution is -2.05. The maximum Gasteiger partial charge on any atom is 0.142 e. The molecule has 0 heterocycles. The molecule has 0 amide bonds.